The number of anilines is 3. The summed E-state index contributed by atoms with van der Waals surface area (Å²) in [4.78, 5) is 20.6. The molecule has 2 heterocycles. The van der Waals surface area contributed by atoms with Gasteiger partial charge >= 0.3 is 0 Å². The van der Waals surface area contributed by atoms with Crippen LogP contribution in [0.5, 0.6) is 0 Å². The monoisotopic (exact) mass is 384 g/mol. The molecule has 8 heteroatoms. The van der Waals surface area contributed by atoms with E-state index in [9.17, 15) is 9.18 Å². The fourth-order valence-corrected chi connectivity index (χ4v) is 4.02. The van der Waals surface area contributed by atoms with E-state index in [0.717, 1.165) is 56.7 Å². The molecule has 0 saturated heterocycles. The molecule has 1 fully saturated rings. The molecule has 0 aromatic carbocycles. The van der Waals surface area contributed by atoms with Crippen LogP contribution >= 0.6 is 0 Å². The van der Waals surface area contributed by atoms with E-state index in [1.165, 1.54) is 5.56 Å². The minimum absolute atomic E-state index is 0.00325. The molecule has 0 radical (unpaired) electrons. The smallest absolute Gasteiger partial charge is 0.252 e. The molecule has 2 aliphatic rings. The van der Waals surface area contributed by atoms with E-state index in [1.807, 2.05) is 6.07 Å². The number of amides is 1. The van der Waals surface area contributed by atoms with Crippen LogP contribution < -0.4 is 22.1 Å². The largest absolute Gasteiger partial charge is 0.365 e. The quantitative estimate of drug-likeness (QED) is 0.629. The first kappa shape index (κ1) is 18.6. The van der Waals surface area contributed by atoms with Crippen LogP contribution in [0, 0.1) is 5.82 Å². The first-order chi connectivity index (χ1) is 13.5. The lowest BCUT2D eigenvalue weighted by atomic mass is 9.91. The highest BCUT2D eigenvalue weighted by atomic mass is 19.1. The Labute approximate surface area is 163 Å². The molecule has 2 aromatic rings. The molecule has 2 aliphatic carbocycles. The zero-order valence-corrected chi connectivity index (χ0v) is 15.7. The third-order valence-electron chi connectivity index (χ3n) is 5.57. The van der Waals surface area contributed by atoms with E-state index in [2.05, 4.69) is 20.6 Å². The Hall–Kier alpha value is -2.74. The van der Waals surface area contributed by atoms with Crippen molar-refractivity contribution in [2.75, 3.05) is 10.6 Å². The summed E-state index contributed by atoms with van der Waals surface area (Å²) in [6, 6.07) is 3.01. The van der Waals surface area contributed by atoms with Crippen molar-refractivity contribution in [3.05, 3.63) is 41.0 Å². The summed E-state index contributed by atoms with van der Waals surface area (Å²) in [7, 11) is 0. The number of rotatable bonds is 5. The number of nitrogens with one attached hydrogen (secondary N) is 2. The number of halogens is 1. The zero-order chi connectivity index (χ0) is 19.7. The molecule has 1 saturated carbocycles. The minimum atomic E-state index is -0.746. The number of primary amides is 1. The summed E-state index contributed by atoms with van der Waals surface area (Å²) >= 11 is 0. The maximum Gasteiger partial charge on any atom is 0.252 e. The van der Waals surface area contributed by atoms with Crippen LogP contribution in [0.15, 0.2) is 18.3 Å². The Balaban J connectivity index is 1.63. The highest BCUT2D eigenvalue weighted by Gasteiger charge is 2.24. The van der Waals surface area contributed by atoms with Crippen molar-refractivity contribution in [3.8, 4) is 0 Å². The molecular weight excluding hydrogens is 359 g/mol. The Morgan fingerprint density at radius 2 is 1.96 bits per heavy atom. The number of hydrogen-bond acceptors (Lipinski definition) is 6. The minimum Gasteiger partial charge on any atom is -0.365 e. The van der Waals surface area contributed by atoms with Gasteiger partial charge in [0.15, 0.2) is 11.6 Å². The first-order valence-corrected chi connectivity index (χ1v) is 9.78. The summed E-state index contributed by atoms with van der Waals surface area (Å²) in [5.41, 5.74) is 14.6. The van der Waals surface area contributed by atoms with Gasteiger partial charge in [0.25, 0.3) is 5.91 Å². The lowest BCUT2D eigenvalue weighted by Gasteiger charge is -2.30. The van der Waals surface area contributed by atoms with Gasteiger partial charge in [-0.25, -0.2) is 9.37 Å². The second kappa shape index (κ2) is 7.71. The van der Waals surface area contributed by atoms with Crippen LogP contribution in [-0.4, -0.2) is 28.0 Å². The van der Waals surface area contributed by atoms with Crippen LogP contribution in [0.3, 0.4) is 0 Å². The Morgan fingerprint density at radius 3 is 2.75 bits per heavy atom. The van der Waals surface area contributed by atoms with Crippen molar-refractivity contribution in [3.63, 3.8) is 0 Å². The second-order valence-corrected chi connectivity index (χ2v) is 7.59. The molecule has 0 unspecified atom stereocenters. The van der Waals surface area contributed by atoms with Crippen molar-refractivity contribution in [2.45, 2.75) is 57.0 Å². The van der Waals surface area contributed by atoms with E-state index in [-0.39, 0.29) is 29.3 Å². The molecule has 2 atom stereocenters. The van der Waals surface area contributed by atoms with Crippen molar-refractivity contribution in [1.82, 2.24) is 9.97 Å². The average molecular weight is 384 g/mol. The Bertz CT molecular complexity index is 903. The van der Waals surface area contributed by atoms with Gasteiger partial charge in [0.05, 0.1) is 17.4 Å². The van der Waals surface area contributed by atoms with Gasteiger partial charge in [0.2, 0.25) is 0 Å². The topological polar surface area (TPSA) is 119 Å². The van der Waals surface area contributed by atoms with Crippen LogP contribution in [0.1, 0.15) is 53.7 Å². The van der Waals surface area contributed by atoms with Gasteiger partial charge in [0.1, 0.15) is 5.82 Å². The summed E-state index contributed by atoms with van der Waals surface area (Å²) in [5, 5.41) is 6.20. The van der Waals surface area contributed by atoms with Crippen molar-refractivity contribution >= 4 is 23.2 Å². The summed E-state index contributed by atoms with van der Waals surface area (Å²) in [5.74, 6) is -1.09. The third kappa shape index (κ3) is 3.77. The highest BCUT2D eigenvalue weighted by molar-refractivity contribution is 5.98. The number of carbonyl (C=O) groups is 1. The molecule has 0 bridgehead atoms. The van der Waals surface area contributed by atoms with E-state index >= 15 is 0 Å². The maximum atomic E-state index is 14.6. The fourth-order valence-electron chi connectivity index (χ4n) is 4.02. The predicted octanol–water partition coefficient (Wildman–Crippen LogP) is 2.63. The molecule has 7 nitrogen and oxygen atoms in total. The van der Waals surface area contributed by atoms with Gasteiger partial charge in [-0.05, 0) is 49.8 Å². The number of nitrogens with two attached hydrogens (primary N) is 2. The van der Waals surface area contributed by atoms with Gasteiger partial charge in [0, 0.05) is 17.8 Å². The van der Waals surface area contributed by atoms with Crippen LogP contribution in [-0.2, 0) is 12.8 Å². The zero-order valence-electron chi connectivity index (χ0n) is 15.7. The van der Waals surface area contributed by atoms with E-state index in [4.69, 9.17) is 11.5 Å². The number of aryl methyl sites for hydroxylation is 2. The molecule has 2 aromatic heterocycles. The number of nitrogens with zero attached hydrogens (tertiary/aromatic N) is 2. The van der Waals surface area contributed by atoms with Crippen molar-refractivity contribution in [2.24, 2.45) is 11.5 Å². The number of carbonyl (C=O) groups excluding carboxylic acids is 1. The standard InChI is InChI=1S/C20H25FN6O/c21-14-9-13(18(23)28)19(25-12-8-11-4-3-7-16(11)24-10-12)27-20(14)26-17-6-2-1-5-15(17)22/h8-10,15,17H,1-7,22H2,(H2,23,28)(H2,25,26,27)/t15-,17+/m0/s1. The van der Waals surface area contributed by atoms with Crippen LogP contribution in [0.25, 0.3) is 0 Å². The normalized spacial score (nSPS) is 21.2. The van der Waals surface area contributed by atoms with Gasteiger partial charge in [-0.2, -0.15) is 0 Å². The molecule has 148 valence electrons. The Kier molecular flexibility index (Phi) is 5.13. The van der Waals surface area contributed by atoms with Gasteiger partial charge < -0.3 is 22.1 Å². The molecular formula is C20H25FN6O. The number of hydrogen-bond donors (Lipinski definition) is 4. The second-order valence-electron chi connectivity index (χ2n) is 7.59. The lowest BCUT2D eigenvalue weighted by molar-refractivity contribution is 0.100. The summed E-state index contributed by atoms with van der Waals surface area (Å²) in [6.07, 6.45) is 8.61. The SMILES string of the molecule is NC(=O)c1cc(F)c(N[C@@H]2CCCC[C@@H]2N)nc1Nc1cnc2c(c1)CCC2. The summed E-state index contributed by atoms with van der Waals surface area (Å²) in [6.45, 7) is 0. The first-order valence-electron chi connectivity index (χ1n) is 9.78. The van der Waals surface area contributed by atoms with E-state index in [1.54, 1.807) is 6.20 Å². The van der Waals surface area contributed by atoms with Crippen molar-refractivity contribution in [1.29, 1.82) is 0 Å². The van der Waals surface area contributed by atoms with Crippen LogP contribution in [0.4, 0.5) is 21.7 Å². The highest BCUT2D eigenvalue weighted by Crippen LogP contribution is 2.28. The summed E-state index contributed by atoms with van der Waals surface area (Å²) < 4.78 is 14.6. The van der Waals surface area contributed by atoms with Gasteiger partial charge in [-0.1, -0.05) is 12.8 Å². The fraction of sp³-hybridized carbons (Fsp3) is 0.450. The van der Waals surface area contributed by atoms with Gasteiger partial charge in [-0.15, -0.1) is 0 Å². The average Bonchev–Trinajstić information content (AvgIpc) is 3.13. The maximum absolute atomic E-state index is 14.6. The number of fused-ring (bicyclic) bond motifs is 1. The number of pyridine rings is 2. The predicted molar refractivity (Wildman–Crippen MR) is 106 cm³/mol. The molecule has 28 heavy (non-hydrogen) atoms. The Morgan fingerprint density at radius 1 is 1.14 bits per heavy atom. The van der Waals surface area contributed by atoms with Gasteiger partial charge in [-0.3, -0.25) is 9.78 Å². The molecule has 0 aliphatic heterocycles. The number of aromatic nitrogens is 2. The third-order valence-corrected chi connectivity index (χ3v) is 5.57. The molecule has 1 amide bonds. The van der Waals surface area contributed by atoms with E-state index in [0.29, 0.717) is 5.69 Å². The molecule has 6 N–H and O–H groups in total. The lowest BCUT2D eigenvalue weighted by Crippen LogP contribution is -2.43. The molecule has 4 rings (SSSR count). The molecule has 0 spiro atoms. The van der Waals surface area contributed by atoms with E-state index < -0.39 is 11.7 Å². The van der Waals surface area contributed by atoms with Crippen molar-refractivity contribution < 1.29 is 9.18 Å². The van der Waals surface area contributed by atoms with Crippen LogP contribution in [0.2, 0.25) is 0 Å².